The molecule has 2 aliphatic carbocycles. The third-order valence-corrected chi connectivity index (χ3v) is 10.1. The van der Waals surface area contributed by atoms with Crippen molar-refractivity contribution in [2.45, 2.75) is 64.0 Å². The Kier molecular flexibility index (Phi) is 5.82. The van der Waals surface area contributed by atoms with Crippen LogP contribution in [0.15, 0.2) is 42.5 Å². The number of halogens is 1. The number of Topliss-reactive ketones (excluding diaryl/α,β-unsaturated/α-hetero) is 1. The second-order valence-corrected chi connectivity index (χ2v) is 12.0. The van der Waals surface area contributed by atoms with Crippen LogP contribution in [-0.2, 0) is 6.42 Å². The van der Waals surface area contributed by atoms with Crippen molar-refractivity contribution in [2.75, 3.05) is 18.1 Å². The molecule has 5 heteroatoms. The van der Waals surface area contributed by atoms with Gasteiger partial charge in [0.2, 0.25) is 0 Å². The molecule has 3 nitrogen and oxygen atoms in total. The van der Waals surface area contributed by atoms with Gasteiger partial charge in [0.1, 0.15) is 0 Å². The minimum absolute atomic E-state index is 0.274. The Morgan fingerprint density at radius 1 is 1.12 bits per heavy atom. The molecule has 2 aromatic carbocycles. The van der Waals surface area contributed by atoms with Gasteiger partial charge >= 0.3 is 0 Å². The van der Waals surface area contributed by atoms with E-state index in [1.807, 2.05) is 23.9 Å². The maximum atomic E-state index is 13.8. The lowest BCUT2D eigenvalue weighted by Gasteiger charge is -2.35. The molecule has 1 aliphatic heterocycles. The zero-order valence-corrected chi connectivity index (χ0v) is 21.7. The number of carbonyl (C=O) groups is 1. The third-order valence-electron chi connectivity index (χ3n) is 8.64. The number of ketones is 1. The maximum Gasteiger partial charge on any atom is 0.179 e. The molecule has 1 saturated heterocycles. The van der Waals surface area contributed by atoms with Crippen LogP contribution < -0.4 is 0 Å². The molecule has 6 rings (SSSR count). The Morgan fingerprint density at radius 2 is 1.94 bits per heavy atom. The van der Waals surface area contributed by atoms with Crippen LogP contribution in [0.4, 0.5) is 0 Å². The van der Waals surface area contributed by atoms with Gasteiger partial charge in [-0.1, -0.05) is 30.7 Å². The summed E-state index contributed by atoms with van der Waals surface area (Å²) in [4.78, 5) is 16.3. The standard InChI is InChI=1S/C29H33ClN2OS/c1-3-15-34-16-13-20-4-10-24-25(17-20)32(23-8-6-22(30)7-9-23)19(2)28(24)26(33)18-31-27-11-5-21-12-14-29(21,27)31/h4,6-10,17,21,27H,3,5,11-16,18H2,1-2H3. The van der Waals surface area contributed by atoms with E-state index in [0.717, 1.165) is 51.0 Å². The van der Waals surface area contributed by atoms with Crippen LogP contribution in [0.25, 0.3) is 16.6 Å². The van der Waals surface area contributed by atoms with E-state index in [0.29, 0.717) is 18.1 Å². The average Bonchev–Trinajstić information content (AvgIpc) is 3.25. The van der Waals surface area contributed by atoms with E-state index in [1.165, 1.54) is 43.4 Å². The first-order valence-corrected chi connectivity index (χ1v) is 14.4. The fraction of sp³-hybridized carbons (Fsp3) is 0.483. The largest absolute Gasteiger partial charge is 0.313 e. The third kappa shape index (κ3) is 3.48. The van der Waals surface area contributed by atoms with E-state index < -0.39 is 0 Å². The zero-order valence-electron chi connectivity index (χ0n) is 20.1. The van der Waals surface area contributed by atoms with Crippen molar-refractivity contribution in [3.05, 3.63) is 64.3 Å². The molecule has 0 amide bonds. The summed E-state index contributed by atoms with van der Waals surface area (Å²) < 4.78 is 2.26. The quantitative estimate of drug-likeness (QED) is 0.181. The second-order valence-electron chi connectivity index (χ2n) is 10.4. The minimum Gasteiger partial charge on any atom is -0.313 e. The first-order chi connectivity index (χ1) is 16.5. The zero-order chi connectivity index (χ0) is 23.4. The van der Waals surface area contributed by atoms with Crippen molar-refractivity contribution in [3.63, 3.8) is 0 Å². The lowest BCUT2D eigenvalue weighted by Crippen LogP contribution is -2.38. The number of hydrogen-bond donors (Lipinski definition) is 0. The van der Waals surface area contributed by atoms with Gasteiger partial charge in [-0.15, -0.1) is 0 Å². The van der Waals surface area contributed by atoms with Gasteiger partial charge in [0.15, 0.2) is 5.78 Å². The molecule has 1 spiro atoms. The van der Waals surface area contributed by atoms with Gasteiger partial charge in [0.25, 0.3) is 0 Å². The summed E-state index contributed by atoms with van der Waals surface area (Å²) in [5.74, 6) is 3.46. The van der Waals surface area contributed by atoms with Gasteiger partial charge < -0.3 is 4.57 Å². The highest BCUT2D eigenvalue weighted by Gasteiger charge is 2.73. The highest BCUT2D eigenvalue weighted by atomic mass is 35.5. The summed E-state index contributed by atoms with van der Waals surface area (Å²) in [7, 11) is 0. The van der Waals surface area contributed by atoms with Gasteiger partial charge in [0.05, 0.1) is 12.1 Å². The van der Waals surface area contributed by atoms with Crippen molar-refractivity contribution in [1.82, 2.24) is 9.47 Å². The van der Waals surface area contributed by atoms with Crippen molar-refractivity contribution >= 4 is 40.0 Å². The van der Waals surface area contributed by atoms with Crippen LogP contribution in [0.5, 0.6) is 0 Å². The number of hydrogen-bond acceptors (Lipinski definition) is 3. The Hall–Kier alpha value is -1.75. The smallest absolute Gasteiger partial charge is 0.179 e. The van der Waals surface area contributed by atoms with E-state index in [-0.39, 0.29) is 5.78 Å². The van der Waals surface area contributed by atoms with E-state index in [1.54, 1.807) is 0 Å². The van der Waals surface area contributed by atoms with Gasteiger partial charge in [-0.2, -0.15) is 11.8 Å². The number of thioether (sulfide) groups is 1. The number of rotatable bonds is 9. The van der Waals surface area contributed by atoms with Crippen LogP contribution in [0.2, 0.25) is 5.02 Å². The molecular weight excluding hydrogens is 460 g/mol. The molecule has 2 heterocycles. The Labute approximate surface area is 211 Å². The van der Waals surface area contributed by atoms with Crippen LogP contribution in [0.3, 0.4) is 0 Å². The molecule has 34 heavy (non-hydrogen) atoms. The molecule has 3 aliphatic rings. The SMILES string of the molecule is CCCSCCc1ccc2c(C(=O)CN3C4CCC5CCC543)c(C)n(-c3ccc(Cl)cc3)c2c1. The highest BCUT2D eigenvalue weighted by Crippen LogP contribution is 2.66. The summed E-state index contributed by atoms with van der Waals surface area (Å²) >= 11 is 8.21. The summed E-state index contributed by atoms with van der Waals surface area (Å²) in [5.41, 5.74) is 5.85. The van der Waals surface area contributed by atoms with Gasteiger partial charge in [-0.05, 0) is 98.8 Å². The van der Waals surface area contributed by atoms with E-state index >= 15 is 0 Å². The molecule has 4 unspecified atom stereocenters. The predicted molar refractivity (Wildman–Crippen MR) is 144 cm³/mol. The Morgan fingerprint density at radius 3 is 2.65 bits per heavy atom. The lowest BCUT2D eigenvalue weighted by atomic mass is 9.74. The summed E-state index contributed by atoms with van der Waals surface area (Å²) in [6.07, 6.45) is 7.56. The monoisotopic (exact) mass is 492 g/mol. The lowest BCUT2D eigenvalue weighted by molar-refractivity contribution is 0.0916. The topological polar surface area (TPSA) is 25.0 Å². The number of piperidine rings is 1. The Bertz CT molecular complexity index is 1250. The van der Waals surface area contributed by atoms with E-state index in [4.69, 9.17) is 11.6 Å². The minimum atomic E-state index is 0.274. The molecule has 1 aromatic heterocycles. The second kappa shape index (κ2) is 8.72. The first-order valence-electron chi connectivity index (χ1n) is 12.8. The first kappa shape index (κ1) is 22.7. The molecule has 2 saturated carbocycles. The van der Waals surface area contributed by atoms with Crippen LogP contribution in [0.1, 0.15) is 60.6 Å². The van der Waals surface area contributed by atoms with Crippen LogP contribution in [0, 0.1) is 12.8 Å². The van der Waals surface area contributed by atoms with Crippen molar-refractivity contribution < 1.29 is 4.79 Å². The number of likely N-dealkylation sites (tertiary alicyclic amines) is 1. The van der Waals surface area contributed by atoms with E-state index in [9.17, 15) is 4.79 Å². The number of aromatic nitrogens is 1. The summed E-state index contributed by atoms with van der Waals surface area (Å²) in [5, 5.41) is 1.81. The fourth-order valence-corrected chi connectivity index (χ4v) is 7.91. The van der Waals surface area contributed by atoms with Gasteiger partial charge in [0, 0.05) is 38.9 Å². The van der Waals surface area contributed by atoms with Crippen LogP contribution >= 0.6 is 23.4 Å². The highest BCUT2D eigenvalue weighted by molar-refractivity contribution is 7.99. The number of fused-ring (bicyclic) bond motifs is 1. The predicted octanol–water partition coefficient (Wildman–Crippen LogP) is 7.09. The summed E-state index contributed by atoms with van der Waals surface area (Å²) in [6.45, 7) is 4.90. The number of carbonyl (C=O) groups excluding carboxylic acids is 1. The van der Waals surface area contributed by atoms with Crippen molar-refractivity contribution in [3.8, 4) is 5.69 Å². The molecule has 4 atom stereocenters. The molecule has 3 fully saturated rings. The average molecular weight is 493 g/mol. The Balaban J connectivity index is 1.36. The molecule has 178 valence electrons. The number of nitrogens with zero attached hydrogens (tertiary/aromatic N) is 2. The van der Waals surface area contributed by atoms with Crippen LogP contribution in [-0.4, -0.2) is 44.9 Å². The maximum absolute atomic E-state index is 13.8. The van der Waals surface area contributed by atoms with Crippen molar-refractivity contribution in [2.24, 2.45) is 5.92 Å². The normalized spacial score (nSPS) is 26.9. The fourth-order valence-electron chi connectivity index (χ4n) is 6.91. The van der Waals surface area contributed by atoms with Gasteiger partial charge in [-0.3, -0.25) is 9.69 Å². The van der Waals surface area contributed by atoms with E-state index in [2.05, 4.69) is 53.6 Å². The number of aryl methyl sites for hydroxylation is 1. The molecule has 3 aromatic rings. The summed E-state index contributed by atoms with van der Waals surface area (Å²) in [6, 6.07) is 15.3. The van der Waals surface area contributed by atoms with Crippen molar-refractivity contribution in [1.29, 1.82) is 0 Å². The molecule has 0 radical (unpaired) electrons. The molecule has 0 bridgehead atoms. The molecular formula is C29H33ClN2OS. The number of benzene rings is 2. The molecule has 0 N–H and O–H groups in total. The van der Waals surface area contributed by atoms with Gasteiger partial charge in [-0.25, -0.2) is 0 Å².